The molecule has 0 radical (unpaired) electrons. The minimum Gasteiger partial charge on any atom is -0.378 e. The Morgan fingerprint density at radius 3 is 2.71 bits per heavy atom. The molecular weight excluding hydrogens is 328 g/mol. The summed E-state index contributed by atoms with van der Waals surface area (Å²) in [5, 5.41) is 3.37. The highest BCUT2D eigenvalue weighted by Gasteiger charge is 2.26. The van der Waals surface area contributed by atoms with Crippen molar-refractivity contribution in [1.82, 2.24) is 14.5 Å². The van der Waals surface area contributed by atoms with Crippen molar-refractivity contribution in [3.05, 3.63) is 17.3 Å². The number of hydrogen-bond donors (Lipinski definition) is 1. The summed E-state index contributed by atoms with van der Waals surface area (Å²) in [5.74, 6) is 0.495. The minimum absolute atomic E-state index is 0.0729. The Hall–Kier alpha value is -1.66. The van der Waals surface area contributed by atoms with Gasteiger partial charge in [-0.1, -0.05) is 11.6 Å². The topological polar surface area (TPSA) is 69.0 Å². The highest BCUT2D eigenvalue weighted by atomic mass is 35.5. The summed E-state index contributed by atoms with van der Waals surface area (Å²) in [7, 11) is 0. The standard InChI is InChI=1S/C17H21ClN4O2/c18-14-8-7-13-16(20-14)22(11-3-1-4-11)17(19-13)21-15(23)9-10-24-12-5-2-6-12/h7-8,11-12H,1-6,9-10H2,(H,19,21,23). The molecule has 7 heteroatoms. The lowest BCUT2D eigenvalue weighted by molar-refractivity contribution is -0.118. The molecule has 1 amide bonds. The van der Waals surface area contributed by atoms with Crippen molar-refractivity contribution in [2.75, 3.05) is 11.9 Å². The summed E-state index contributed by atoms with van der Waals surface area (Å²) in [4.78, 5) is 21.2. The van der Waals surface area contributed by atoms with Crippen LogP contribution in [0.1, 0.15) is 51.0 Å². The van der Waals surface area contributed by atoms with Gasteiger partial charge in [0.1, 0.15) is 10.7 Å². The zero-order valence-corrected chi connectivity index (χ0v) is 14.3. The van der Waals surface area contributed by atoms with Gasteiger partial charge in [0.05, 0.1) is 19.1 Å². The van der Waals surface area contributed by atoms with Crippen LogP contribution < -0.4 is 5.32 Å². The van der Waals surface area contributed by atoms with Gasteiger partial charge in [-0.25, -0.2) is 9.97 Å². The van der Waals surface area contributed by atoms with Gasteiger partial charge < -0.3 is 4.74 Å². The van der Waals surface area contributed by atoms with E-state index in [4.69, 9.17) is 16.3 Å². The largest absolute Gasteiger partial charge is 0.378 e. The summed E-state index contributed by atoms with van der Waals surface area (Å²) < 4.78 is 7.68. The van der Waals surface area contributed by atoms with Gasteiger partial charge in [-0.2, -0.15) is 0 Å². The van der Waals surface area contributed by atoms with Crippen LogP contribution in [0, 0.1) is 0 Å². The molecule has 2 aromatic rings. The Balaban J connectivity index is 1.48. The molecule has 0 atom stereocenters. The van der Waals surface area contributed by atoms with Gasteiger partial charge in [-0.15, -0.1) is 0 Å². The maximum absolute atomic E-state index is 12.2. The molecule has 2 fully saturated rings. The Kier molecular flexibility index (Phi) is 4.41. The van der Waals surface area contributed by atoms with Gasteiger partial charge in [-0.05, 0) is 50.7 Å². The molecule has 2 aliphatic carbocycles. The second-order valence-corrected chi connectivity index (χ2v) is 6.98. The number of nitrogens with one attached hydrogen (secondary N) is 1. The summed E-state index contributed by atoms with van der Waals surface area (Å²) in [6.45, 7) is 0.463. The first kappa shape index (κ1) is 15.8. The molecule has 0 spiro atoms. The molecule has 4 rings (SSSR count). The second kappa shape index (κ2) is 6.69. The summed E-state index contributed by atoms with van der Waals surface area (Å²) >= 11 is 6.03. The van der Waals surface area contributed by atoms with Crippen molar-refractivity contribution in [2.24, 2.45) is 0 Å². The van der Waals surface area contributed by atoms with Crippen LogP contribution in [-0.2, 0) is 9.53 Å². The molecular formula is C17H21ClN4O2. The van der Waals surface area contributed by atoms with Crippen molar-refractivity contribution in [3.63, 3.8) is 0 Å². The van der Waals surface area contributed by atoms with E-state index in [1.54, 1.807) is 6.07 Å². The molecule has 24 heavy (non-hydrogen) atoms. The van der Waals surface area contributed by atoms with Crippen molar-refractivity contribution < 1.29 is 9.53 Å². The van der Waals surface area contributed by atoms with Crippen LogP contribution in [0.25, 0.3) is 11.2 Å². The van der Waals surface area contributed by atoms with E-state index in [2.05, 4.69) is 15.3 Å². The number of carbonyl (C=O) groups is 1. The molecule has 128 valence electrons. The first-order valence-corrected chi connectivity index (χ1v) is 9.04. The van der Waals surface area contributed by atoms with Crippen LogP contribution in [0.4, 0.5) is 5.95 Å². The van der Waals surface area contributed by atoms with Gasteiger partial charge in [0, 0.05) is 6.04 Å². The highest BCUT2D eigenvalue weighted by molar-refractivity contribution is 6.29. The Morgan fingerprint density at radius 1 is 1.25 bits per heavy atom. The third-order valence-corrected chi connectivity index (χ3v) is 5.14. The van der Waals surface area contributed by atoms with Crippen LogP contribution in [-0.4, -0.2) is 33.2 Å². The second-order valence-electron chi connectivity index (χ2n) is 6.59. The number of anilines is 1. The van der Waals surface area contributed by atoms with E-state index in [1.165, 1.54) is 12.8 Å². The Labute approximate surface area is 145 Å². The highest BCUT2D eigenvalue weighted by Crippen LogP contribution is 2.36. The maximum atomic E-state index is 12.2. The number of hydrogen-bond acceptors (Lipinski definition) is 4. The average molecular weight is 349 g/mol. The van der Waals surface area contributed by atoms with Gasteiger partial charge in [-0.3, -0.25) is 14.7 Å². The number of pyridine rings is 1. The molecule has 6 nitrogen and oxygen atoms in total. The summed E-state index contributed by atoms with van der Waals surface area (Å²) in [5.41, 5.74) is 1.50. The molecule has 2 aromatic heterocycles. The van der Waals surface area contributed by atoms with Crippen LogP contribution in [0.3, 0.4) is 0 Å². The average Bonchev–Trinajstić information content (AvgIpc) is 2.78. The van der Waals surface area contributed by atoms with Crippen LogP contribution in [0.2, 0.25) is 5.15 Å². The molecule has 2 aliphatic rings. The summed E-state index contributed by atoms with van der Waals surface area (Å²) in [6, 6.07) is 3.90. The third-order valence-electron chi connectivity index (χ3n) is 4.93. The van der Waals surface area contributed by atoms with E-state index in [1.807, 2.05) is 10.6 Å². The van der Waals surface area contributed by atoms with Gasteiger partial charge in [0.15, 0.2) is 5.65 Å². The number of rotatable bonds is 6. The fraction of sp³-hybridized carbons (Fsp3) is 0.588. The van der Waals surface area contributed by atoms with Crippen molar-refractivity contribution in [1.29, 1.82) is 0 Å². The molecule has 2 saturated carbocycles. The van der Waals surface area contributed by atoms with E-state index in [9.17, 15) is 4.79 Å². The lowest BCUT2D eigenvalue weighted by Crippen LogP contribution is -2.25. The smallest absolute Gasteiger partial charge is 0.229 e. The van der Waals surface area contributed by atoms with Crippen molar-refractivity contribution >= 4 is 34.6 Å². The quantitative estimate of drug-likeness (QED) is 0.808. The number of nitrogens with zero attached hydrogens (tertiary/aromatic N) is 3. The van der Waals surface area contributed by atoms with Crippen molar-refractivity contribution in [2.45, 2.75) is 57.1 Å². The molecule has 0 saturated heterocycles. The number of ether oxygens (including phenoxy) is 1. The predicted octanol–water partition coefficient (Wildman–Crippen LogP) is 3.71. The van der Waals surface area contributed by atoms with Gasteiger partial charge >= 0.3 is 0 Å². The van der Waals surface area contributed by atoms with Crippen LogP contribution >= 0.6 is 11.6 Å². The number of amides is 1. The molecule has 0 unspecified atom stereocenters. The lowest BCUT2D eigenvalue weighted by Gasteiger charge is -2.28. The maximum Gasteiger partial charge on any atom is 0.229 e. The molecule has 0 aliphatic heterocycles. The number of imidazole rings is 1. The molecule has 0 aromatic carbocycles. The minimum atomic E-state index is -0.0729. The van der Waals surface area contributed by atoms with Crippen LogP contribution in [0.5, 0.6) is 0 Å². The number of halogens is 1. The van der Waals surface area contributed by atoms with Crippen molar-refractivity contribution in [3.8, 4) is 0 Å². The monoisotopic (exact) mass is 348 g/mol. The summed E-state index contributed by atoms with van der Waals surface area (Å²) in [6.07, 6.45) is 7.50. The van der Waals surface area contributed by atoms with E-state index < -0.39 is 0 Å². The van der Waals surface area contributed by atoms with E-state index in [0.29, 0.717) is 36.3 Å². The Morgan fingerprint density at radius 2 is 2.04 bits per heavy atom. The van der Waals surface area contributed by atoms with E-state index >= 15 is 0 Å². The first-order chi connectivity index (χ1) is 11.7. The Bertz CT molecular complexity index is 752. The number of fused-ring (bicyclic) bond motifs is 1. The van der Waals surface area contributed by atoms with Gasteiger partial charge in [0.2, 0.25) is 11.9 Å². The molecule has 1 N–H and O–H groups in total. The first-order valence-electron chi connectivity index (χ1n) is 8.66. The zero-order valence-electron chi connectivity index (χ0n) is 13.5. The lowest BCUT2D eigenvalue weighted by atomic mass is 9.93. The predicted molar refractivity (Wildman–Crippen MR) is 92.3 cm³/mol. The third kappa shape index (κ3) is 3.13. The fourth-order valence-electron chi connectivity index (χ4n) is 3.07. The SMILES string of the molecule is O=C(CCOC1CCC1)Nc1nc2ccc(Cl)nc2n1C1CCC1. The number of aromatic nitrogens is 3. The molecule has 0 bridgehead atoms. The fourth-order valence-corrected chi connectivity index (χ4v) is 3.22. The molecule has 2 heterocycles. The number of carbonyl (C=O) groups excluding carboxylic acids is 1. The zero-order chi connectivity index (χ0) is 16.5. The van der Waals surface area contributed by atoms with Gasteiger partial charge in [0.25, 0.3) is 0 Å². The van der Waals surface area contributed by atoms with Crippen LogP contribution in [0.15, 0.2) is 12.1 Å². The van der Waals surface area contributed by atoms with E-state index in [-0.39, 0.29) is 5.91 Å². The normalized spacial score (nSPS) is 18.4. The van der Waals surface area contributed by atoms with E-state index in [0.717, 1.165) is 36.8 Å².